The van der Waals surface area contributed by atoms with Crippen LogP contribution in [0.15, 0.2) is 150 Å². The first-order chi connectivity index (χ1) is 23.8. The van der Waals surface area contributed by atoms with Crippen molar-refractivity contribution in [1.29, 1.82) is 0 Å². The Labute approximate surface area is 278 Å². The van der Waals surface area contributed by atoms with Crippen LogP contribution in [0.25, 0.3) is 98.3 Å². The first-order valence-corrected chi connectivity index (χ1v) is 16.6. The Kier molecular flexibility index (Phi) is 5.98. The van der Waals surface area contributed by atoms with Crippen molar-refractivity contribution in [2.75, 3.05) is 0 Å². The first kappa shape index (κ1) is 26.9. The molecule has 0 saturated heterocycles. The number of furan rings is 1. The zero-order valence-corrected chi connectivity index (χ0v) is 26.3. The summed E-state index contributed by atoms with van der Waals surface area (Å²) in [6.45, 7) is 0. The van der Waals surface area contributed by atoms with Gasteiger partial charge in [0.15, 0.2) is 23.1 Å². The van der Waals surface area contributed by atoms with Crippen molar-refractivity contribution >= 4 is 64.4 Å². The molecule has 0 radical (unpaired) electrons. The van der Waals surface area contributed by atoms with Crippen LogP contribution in [-0.4, -0.2) is 19.9 Å². The molecule has 4 aromatic heterocycles. The first-order valence-electron chi connectivity index (χ1n) is 15.8. The van der Waals surface area contributed by atoms with Gasteiger partial charge < -0.3 is 4.42 Å². The molecule has 6 aromatic carbocycles. The van der Waals surface area contributed by atoms with E-state index in [0.29, 0.717) is 17.5 Å². The summed E-state index contributed by atoms with van der Waals surface area (Å²) in [7, 11) is 0. The normalized spacial score (nSPS) is 11.8. The third kappa shape index (κ3) is 4.31. The van der Waals surface area contributed by atoms with Crippen LogP contribution in [0.4, 0.5) is 0 Å². The van der Waals surface area contributed by atoms with Crippen molar-refractivity contribution in [2.24, 2.45) is 0 Å². The Bertz CT molecular complexity index is 2780. The lowest BCUT2D eigenvalue weighted by molar-refractivity contribution is 0.668. The molecule has 0 amide bonds. The fraction of sp³-hybridized carbons (Fsp3) is 0. The Morgan fingerprint density at radius 2 is 1.21 bits per heavy atom. The van der Waals surface area contributed by atoms with E-state index in [1.54, 1.807) is 6.20 Å². The van der Waals surface area contributed by atoms with Gasteiger partial charge in [0.1, 0.15) is 11.1 Å². The van der Waals surface area contributed by atoms with Crippen molar-refractivity contribution < 1.29 is 4.42 Å². The zero-order chi connectivity index (χ0) is 31.6. The van der Waals surface area contributed by atoms with Gasteiger partial charge >= 0.3 is 0 Å². The summed E-state index contributed by atoms with van der Waals surface area (Å²) >= 11 is 1.85. The number of aromatic nitrogens is 4. The molecule has 0 bridgehead atoms. The number of hydrogen-bond acceptors (Lipinski definition) is 6. The van der Waals surface area contributed by atoms with Crippen molar-refractivity contribution in [3.8, 4) is 45.3 Å². The predicted octanol–water partition coefficient (Wildman–Crippen LogP) is 11.4. The highest BCUT2D eigenvalue weighted by molar-refractivity contribution is 7.26. The molecule has 4 heterocycles. The van der Waals surface area contributed by atoms with Crippen LogP contribution in [0.5, 0.6) is 0 Å². The largest absolute Gasteiger partial charge is 0.454 e. The molecular formula is C42H24N4OS. The molecule has 0 saturated carbocycles. The van der Waals surface area contributed by atoms with Gasteiger partial charge in [-0.05, 0) is 58.3 Å². The maximum atomic E-state index is 6.47. The maximum Gasteiger partial charge on any atom is 0.164 e. The molecule has 10 aromatic rings. The van der Waals surface area contributed by atoms with E-state index in [1.165, 1.54) is 30.9 Å². The summed E-state index contributed by atoms with van der Waals surface area (Å²) in [5.74, 6) is 1.78. The van der Waals surface area contributed by atoms with Crippen molar-refractivity contribution in [3.05, 3.63) is 146 Å². The van der Waals surface area contributed by atoms with Crippen LogP contribution in [-0.2, 0) is 0 Å². The van der Waals surface area contributed by atoms with Gasteiger partial charge in [-0.3, -0.25) is 4.98 Å². The molecule has 6 heteroatoms. The Morgan fingerprint density at radius 1 is 0.479 bits per heavy atom. The van der Waals surface area contributed by atoms with Crippen LogP contribution >= 0.6 is 11.3 Å². The topological polar surface area (TPSA) is 64.7 Å². The van der Waals surface area contributed by atoms with E-state index in [2.05, 4.69) is 66.7 Å². The summed E-state index contributed by atoms with van der Waals surface area (Å²) in [6.07, 6.45) is 1.80. The quantitative estimate of drug-likeness (QED) is 0.193. The van der Waals surface area contributed by atoms with Gasteiger partial charge in [-0.2, -0.15) is 0 Å². The number of fused-ring (bicyclic) bond motifs is 8. The summed E-state index contributed by atoms with van der Waals surface area (Å²) in [5.41, 5.74) is 7.03. The van der Waals surface area contributed by atoms with E-state index in [9.17, 15) is 0 Å². The predicted molar refractivity (Wildman–Crippen MR) is 197 cm³/mol. The number of pyridine rings is 1. The fourth-order valence-electron chi connectivity index (χ4n) is 6.68. The van der Waals surface area contributed by atoms with Crippen LogP contribution < -0.4 is 0 Å². The highest BCUT2D eigenvalue weighted by Gasteiger charge is 2.21. The Morgan fingerprint density at radius 3 is 2.00 bits per heavy atom. The molecule has 0 aliphatic rings. The molecule has 10 rings (SSSR count). The second-order valence-corrected chi connectivity index (χ2v) is 12.9. The second-order valence-electron chi connectivity index (χ2n) is 11.9. The van der Waals surface area contributed by atoms with E-state index in [-0.39, 0.29) is 0 Å². The molecule has 224 valence electrons. The summed E-state index contributed by atoms with van der Waals surface area (Å²) in [5, 5.41) is 5.93. The minimum Gasteiger partial charge on any atom is -0.454 e. The highest BCUT2D eigenvalue weighted by atomic mass is 32.1. The molecule has 0 aliphatic heterocycles. The van der Waals surface area contributed by atoms with Gasteiger partial charge in [0.2, 0.25) is 0 Å². The summed E-state index contributed by atoms with van der Waals surface area (Å²) < 4.78 is 9.04. The van der Waals surface area contributed by atoms with Gasteiger partial charge in [0.05, 0.1) is 5.39 Å². The molecule has 0 atom stereocenters. The van der Waals surface area contributed by atoms with Gasteiger partial charge in [-0.25, -0.2) is 15.0 Å². The lowest BCUT2D eigenvalue weighted by Gasteiger charge is -2.11. The van der Waals surface area contributed by atoms with E-state index in [1.807, 2.05) is 84.1 Å². The van der Waals surface area contributed by atoms with Crippen molar-refractivity contribution in [1.82, 2.24) is 19.9 Å². The SMILES string of the molecule is c1ccc(-c2nc(-c3ccccc3)nc(-c3cc(-c4ccc5sc6c7ccccc7ccc6c5c4)cc4oc5cccnc5c34)n2)cc1. The van der Waals surface area contributed by atoms with Crippen molar-refractivity contribution in [3.63, 3.8) is 0 Å². The number of hydrogen-bond donors (Lipinski definition) is 0. The van der Waals surface area contributed by atoms with E-state index < -0.39 is 0 Å². The van der Waals surface area contributed by atoms with Crippen LogP contribution in [0.1, 0.15) is 0 Å². The van der Waals surface area contributed by atoms with Crippen LogP contribution in [0, 0.1) is 0 Å². The minimum atomic E-state index is 0.566. The highest BCUT2D eigenvalue weighted by Crippen LogP contribution is 2.42. The number of rotatable bonds is 4. The minimum absolute atomic E-state index is 0.566. The molecule has 5 nitrogen and oxygen atoms in total. The van der Waals surface area contributed by atoms with E-state index in [4.69, 9.17) is 24.4 Å². The van der Waals surface area contributed by atoms with Gasteiger partial charge in [-0.15, -0.1) is 11.3 Å². The Hall–Kier alpha value is -6.24. The third-order valence-corrected chi connectivity index (χ3v) is 10.2. The van der Waals surface area contributed by atoms with Gasteiger partial charge in [0.25, 0.3) is 0 Å². The summed E-state index contributed by atoms with van der Waals surface area (Å²) in [4.78, 5) is 19.9. The number of benzene rings is 6. The molecule has 48 heavy (non-hydrogen) atoms. The van der Waals surface area contributed by atoms with Gasteiger partial charge in [-0.1, -0.05) is 103 Å². The van der Waals surface area contributed by atoms with Gasteiger partial charge in [0, 0.05) is 43.1 Å². The van der Waals surface area contributed by atoms with Crippen LogP contribution in [0.2, 0.25) is 0 Å². The molecule has 0 aliphatic carbocycles. The average Bonchev–Trinajstić information content (AvgIpc) is 3.73. The molecule has 0 spiro atoms. The zero-order valence-electron chi connectivity index (χ0n) is 25.5. The fourth-order valence-corrected chi connectivity index (χ4v) is 7.89. The lowest BCUT2D eigenvalue weighted by atomic mass is 9.97. The molecule has 0 unspecified atom stereocenters. The smallest absolute Gasteiger partial charge is 0.164 e. The average molecular weight is 633 g/mol. The van der Waals surface area contributed by atoms with E-state index in [0.717, 1.165) is 49.9 Å². The van der Waals surface area contributed by atoms with E-state index >= 15 is 0 Å². The second kappa shape index (κ2) is 10.7. The van der Waals surface area contributed by atoms with Crippen molar-refractivity contribution in [2.45, 2.75) is 0 Å². The number of thiophene rings is 1. The third-order valence-electron chi connectivity index (χ3n) is 8.96. The van der Waals surface area contributed by atoms with Crippen LogP contribution in [0.3, 0.4) is 0 Å². The monoisotopic (exact) mass is 632 g/mol. The maximum absolute atomic E-state index is 6.47. The Balaban J connectivity index is 1.24. The molecular weight excluding hydrogens is 609 g/mol. The molecule has 0 N–H and O–H groups in total. The standard InChI is InChI=1S/C42H24N4OS/c1-3-11-26(12-4-1)40-44-41(27-13-5-2-6-14-27)46-42(45-40)33-23-29(24-35-37(33)38-34(47-35)16-9-21-43-38)28-18-20-36-32(22-28)31-19-17-25-10-7-8-15-30(25)39(31)48-36/h1-24H. The number of nitrogens with zero attached hydrogens (tertiary/aromatic N) is 4. The summed E-state index contributed by atoms with van der Waals surface area (Å²) in [6, 6.07) is 48.0. The lowest BCUT2D eigenvalue weighted by Crippen LogP contribution is -2.00. The molecule has 0 fully saturated rings.